The number of carbonyl (C=O) groups excluding carboxylic acids is 1. The summed E-state index contributed by atoms with van der Waals surface area (Å²) in [5.41, 5.74) is 2.48. The van der Waals surface area contributed by atoms with Gasteiger partial charge in [0.1, 0.15) is 0 Å². The van der Waals surface area contributed by atoms with Crippen molar-refractivity contribution < 1.29 is 9.90 Å². The van der Waals surface area contributed by atoms with Gasteiger partial charge >= 0.3 is 0 Å². The Balaban J connectivity index is 1.71. The molecule has 28 heavy (non-hydrogen) atoms. The number of aryl methyl sites for hydroxylation is 2. The van der Waals surface area contributed by atoms with Gasteiger partial charge in [-0.05, 0) is 43.2 Å². The largest absolute Gasteiger partial charge is 0.505 e. The molecule has 1 amide bonds. The second kappa shape index (κ2) is 6.90. The lowest BCUT2D eigenvalue weighted by molar-refractivity contribution is 0.101. The molecule has 2 heterocycles. The molecule has 7 nitrogen and oxygen atoms in total. The third kappa shape index (κ3) is 3.25. The summed E-state index contributed by atoms with van der Waals surface area (Å²) in [5.74, 6) is -1.13. The molecule has 140 valence electrons. The lowest BCUT2D eigenvalue weighted by Crippen LogP contribution is -2.25. The molecule has 0 unspecified atom stereocenters. The summed E-state index contributed by atoms with van der Waals surface area (Å²) in [6.07, 6.45) is 0. The van der Waals surface area contributed by atoms with Crippen molar-refractivity contribution in [1.29, 1.82) is 0 Å². The van der Waals surface area contributed by atoms with Crippen LogP contribution in [0.2, 0.25) is 0 Å². The van der Waals surface area contributed by atoms with E-state index < -0.39 is 17.2 Å². The van der Waals surface area contributed by atoms with Crippen LogP contribution >= 0.6 is 11.3 Å². The van der Waals surface area contributed by atoms with Crippen LogP contribution in [0, 0.1) is 13.8 Å². The highest BCUT2D eigenvalue weighted by molar-refractivity contribution is 7.22. The maximum Gasteiger partial charge on any atom is 0.281 e. The quantitative estimate of drug-likeness (QED) is 0.557. The van der Waals surface area contributed by atoms with Crippen molar-refractivity contribution in [3.8, 4) is 11.4 Å². The van der Waals surface area contributed by atoms with Crippen molar-refractivity contribution in [3.05, 3.63) is 75.7 Å². The van der Waals surface area contributed by atoms with Gasteiger partial charge in [0.05, 0.1) is 15.9 Å². The van der Waals surface area contributed by atoms with Gasteiger partial charge in [0.25, 0.3) is 11.5 Å². The summed E-state index contributed by atoms with van der Waals surface area (Å²) in [6, 6.07) is 13.9. The number of carbonyl (C=O) groups is 1. The molecule has 2 aromatic carbocycles. The number of anilines is 1. The van der Waals surface area contributed by atoms with E-state index in [0.29, 0.717) is 10.8 Å². The second-order valence-electron chi connectivity index (χ2n) is 6.36. The molecule has 2 aromatic heterocycles. The standard InChI is InChI=1S/C20H16N4O3S/c1-11-5-3-7-13(9-11)24-16(26)10-14(25)18(23-24)19(27)22-20-21-17-12(2)6-4-8-15(17)28-20/h3-10,25H,1-2H3,(H,21,22,27). The average molecular weight is 392 g/mol. The molecule has 0 aliphatic heterocycles. The highest BCUT2D eigenvalue weighted by Gasteiger charge is 2.19. The Hall–Kier alpha value is -3.52. The van der Waals surface area contributed by atoms with E-state index in [1.54, 1.807) is 18.2 Å². The number of amides is 1. The van der Waals surface area contributed by atoms with Gasteiger partial charge in [-0.25, -0.2) is 4.98 Å². The van der Waals surface area contributed by atoms with E-state index in [4.69, 9.17) is 0 Å². The van der Waals surface area contributed by atoms with E-state index >= 15 is 0 Å². The highest BCUT2D eigenvalue weighted by Crippen LogP contribution is 2.28. The zero-order valence-corrected chi connectivity index (χ0v) is 15.9. The molecule has 8 heteroatoms. The molecule has 0 aliphatic carbocycles. The van der Waals surface area contributed by atoms with Crippen LogP contribution in [0.4, 0.5) is 5.13 Å². The molecule has 4 aromatic rings. The first-order valence-corrected chi connectivity index (χ1v) is 9.32. The number of nitrogens with one attached hydrogen (secondary N) is 1. The monoisotopic (exact) mass is 392 g/mol. The fourth-order valence-electron chi connectivity index (χ4n) is 2.85. The minimum absolute atomic E-state index is 0.253. The van der Waals surface area contributed by atoms with Crippen LogP contribution < -0.4 is 10.9 Å². The number of nitrogens with zero attached hydrogens (tertiary/aromatic N) is 3. The first-order chi connectivity index (χ1) is 13.4. The Morgan fingerprint density at radius 3 is 2.68 bits per heavy atom. The maximum atomic E-state index is 12.7. The Morgan fingerprint density at radius 2 is 1.93 bits per heavy atom. The number of hydrogen-bond donors (Lipinski definition) is 2. The summed E-state index contributed by atoms with van der Waals surface area (Å²) in [5, 5.41) is 17.2. The van der Waals surface area contributed by atoms with Crippen molar-refractivity contribution in [2.75, 3.05) is 5.32 Å². The number of fused-ring (bicyclic) bond motifs is 1. The fourth-order valence-corrected chi connectivity index (χ4v) is 3.79. The Bertz CT molecular complexity index is 1280. The first kappa shape index (κ1) is 17.9. The maximum absolute atomic E-state index is 12.7. The Kier molecular flexibility index (Phi) is 4.40. The van der Waals surface area contributed by atoms with Gasteiger partial charge in [-0.3, -0.25) is 14.9 Å². The van der Waals surface area contributed by atoms with Crippen molar-refractivity contribution in [2.24, 2.45) is 0 Å². The highest BCUT2D eigenvalue weighted by atomic mass is 32.1. The summed E-state index contributed by atoms with van der Waals surface area (Å²) >= 11 is 1.32. The number of aromatic hydroxyl groups is 1. The molecular weight excluding hydrogens is 376 g/mol. The Labute approximate surface area is 163 Å². The summed E-state index contributed by atoms with van der Waals surface area (Å²) in [7, 11) is 0. The number of hydrogen-bond acceptors (Lipinski definition) is 6. The molecule has 2 N–H and O–H groups in total. The number of para-hydroxylation sites is 1. The van der Waals surface area contributed by atoms with Gasteiger partial charge in [-0.15, -0.1) is 0 Å². The second-order valence-corrected chi connectivity index (χ2v) is 7.39. The van der Waals surface area contributed by atoms with E-state index in [1.165, 1.54) is 11.3 Å². The van der Waals surface area contributed by atoms with Gasteiger partial charge in [-0.1, -0.05) is 35.6 Å². The molecule has 0 aliphatic rings. The molecule has 0 spiro atoms. The van der Waals surface area contributed by atoms with E-state index in [9.17, 15) is 14.7 Å². The van der Waals surface area contributed by atoms with Crippen molar-refractivity contribution in [2.45, 2.75) is 13.8 Å². The van der Waals surface area contributed by atoms with Crippen LogP contribution in [-0.4, -0.2) is 25.8 Å². The third-order valence-electron chi connectivity index (χ3n) is 4.21. The SMILES string of the molecule is Cc1cccc(-n2nc(C(=O)Nc3nc4c(C)cccc4s3)c(O)cc2=O)c1. The molecule has 0 saturated carbocycles. The summed E-state index contributed by atoms with van der Waals surface area (Å²) < 4.78 is 2.03. The van der Waals surface area contributed by atoms with Gasteiger partial charge in [0.15, 0.2) is 16.6 Å². The van der Waals surface area contributed by atoms with Crippen LogP contribution in [0.5, 0.6) is 5.75 Å². The van der Waals surface area contributed by atoms with Crippen LogP contribution in [-0.2, 0) is 0 Å². The lowest BCUT2D eigenvalue weighted by Gasteiger charge is -2.09. The van der Waals surface area contributed by atoms with E-state index in [-0.39, 0.29) is 5.69 Å². The molecule has 0 radical (unpaired) electrons. The Morgan fingerprint density at radius 1 is 1.14 bits per heavy atom. The normalized spacial score (nSPS) is 10.9. The minimum atomic E-state index is -0.643. The molecule has 0 bridgehead atoms. The lowest BCUT2D eigenvalue weighted by atomic mass is 10.2. The zero-order chi connectivity index (χ0) is 19.8. The predicted molar refractivity (Wildman–Crippen MR) is 109 cm³/mol. The van der Waals surface area contributed by atoms with Crippen molar-refractivity contribution >= 4 is 32.6 Å². The number of aromatic nitrogens is 3. The number of rotatable bonds is 3. The van der Waals surface area contributed by atoms with Crippen LogP contribution in [0.1, 0.15) is 21.6 Å². The van der Waals surface area contributed by atoms with Crippen LogP contribution in [0.15, 0.2) is 53.3 Å². The first-order valence-electron chi connectivity index (χ1n) is 8.50. The minimum Gasteiger partial charge on any atom is -0.505 e. The zero-order valence-electron chi connectivity index (χ0n) is 15.1. The molecule has 4 rings (SSSR count). The smallest absolute Gasteiger partial charge is 0.281 e. The van der Waals surface area contributed by atoms with Gasteiger partial charge in [0.2, 0.25) is 0 Å². The van der Waals surface area contributed by atoms with Crippen molar-refractivity contribution in [1.82, 2.24) is 14.8 Å². The van der Waals surface area contributed by atoms with Gasteiger partial charge in [0, 0.05) is 6.07 Å². The fraction of sp³-hybridized carbons (Fsp3) is 0.100. The molecular formula is C20H16N4O3S. The molecule has 0 saturated heterocycles. The van der Waals surface area contributed by atoms with E-state index in [1.807, 2.05) is 38.1 Å². The van der Waals surface area contributed by atoms with E-state index in [2.05, 4.69) is 15.4 Å². The molecule has 0 fully saturated rings. The van der Waals surface area contributed by atoms with Gasteiger partial charge < -0.3 is 5.11 Å². The van der Waals surface area contributed by atoms with E-state index in [0.717, 1.165) is 32.1 Å². The van der Waals surface area contributed by atoms with Gasteiger partial charge in [-0.2, -0.15) is 9.78 Å². The van der Waals surface area contributed by atoms with Crippen molar-refractivity contribution in [3.63, 3.8) is 0 Å². The summed E-state index contributed by atoms with van der Waals surface area (Å²) in [4.78, 5) is 29.3. The number of thiazole rings is 1. The number of benzene rings is 2. The average Bonchev–Trinajstić information content (AvgIpc) is 3.05. The molecule has 0 atom stereocenters. The summed E-state index contributed by atoms with van der Waals surface area (Å²) in [6.45, 7) is 3.83. The predicted octanol–water partition coefficient (Wildman–Crippen LogP) is 3.42. The third-order valence-corrected chi connectivity index (χ3v) is 5.15. The van der Waals surface area contributed by atoms with Crippen LogP contribution in [0.25, 0.3) is 15.9 Å². The topological polar surface area (TPSA) is 97.1 Å². The van der Waals surface area contributed by atoms with Crippen LogP contribution in [0.3, 0.4) is 0 Å².